The van der Waals surface area contributed by atoms with Gasteiger partial charge in [-0.25, -0.2) is 0 Å². The van der Waals surface area contributed by atoms with Crippen molar-refractivity contribution in [3.8, 4) is 0 Å². The molecule has 1 aromatic carbocycles. The Labute approximate surface area is 123 Å². The fraction of sp³-hybridized carbons (Fsp3) is 0.400. The number of benzene rings is 1. The maximum absolute atomic E-state index is 12.1. The average molecular weight is 289 g/mol. The van der Waals surface area contributed by atoms with Crippen LogP contribution in [0.15, 0.2) is 18.2 Å². The summed E-state index contributed by atoms with van der Waals surface area (Å²) in [6.45, 7) is 4.97. The largest absolute Gasteiger partial charge is 0.399 e. The van der Waals surface area contributed by atoms with Crippen LogP contribution in [0.5, 0.6) is 0 Å². The van der Waals surface area contributed by atoms with Crippen molar-refractivity contribution < 1.29 is 14.4 Å². The van der Waals surface area contributed by atoms with E-state index in [0.717, 1.165) is 10.5 Å². The second kappa shape index (κ2) is 5.20. The van der Waals surface area contributed by atoms with Crippen molar-refractivity contribution in [2.24, 2.45) is 5.41 Å². The number of likely N-dealkylation sites (tertiary alicyclic amines) is 1. The first kappa shape index (κ1) is 15.0. The first-order chi connectivity index (χ1) is 9.70. The molecule has 0 aliphatic carbocycles. The summed E-state index contributed by atoms with van der Waals surface area (Å²) in [6, 6.07) is 5.17. The van der Waals surface area contributed by atoms with E-state index in [4.69, 9.17) is 5.73 Å². The van der Waals surface area contributed by atoms with Crippen LogP contribution in [-0.2, 0) is 14.4 Å². The third-order valence-electron chi connectivity index (χ3n) is 3.56. The number of hydrogen-bond acceptors (Lipinski definition) is 4. The SMILES string of the molecule is Cc1ccc(N)cc1NC(=O)CN1C(=O)CC(C)(C)C1=O. The molecule has 6 nitrogen and oxygen atoms in total. The number of hydrogen-bond donors (Lipinski definition) is 2. The molecule has 3 N–H and O–H groups in total. The predicted octanol–water partition coefficient (Wildman–Crippen LogP) is 1.30. The Kier molecular flexibility index (Phi) is 3.72. The Morgan fingerprint density at radius 3 is 2.62 bits per heavy atom. The lowest BCUT2D eigenvalue weighted by Gasteiger charge is -2.17. The second-order valence-electron chi connectivity index (χ2n) is 5.97. The highest BCUT2D eigenvalue weighted by atomic mass is 16.2. The maximum Gasteiger partial charge on any atom is 0.244 e. The number of nitrogens with one attached hydrogen (secondary N) is 1. The topological polar surface area (TPSA) is 92.5 Å². The molecular formula is C15H19N3O3. The van der Waals surface area contributed by atoms with Crippen molar-refractivity contribution in [1.82, 2.24) is 4.90 Å². The van der Waals surface area contributed by atoms with Gasteiger partial charge >= 0.3 is 0 Å². The quantitative estimate of drug-likeness (QED) is 0.648. The van der Waals surface area contributed by atoms with Gasteiger partial charge in [-0.1, -0.05) is 19.9 Å². The predicted molar refractivity (Wildman–Crippen MR) is 79.3 cm³/mol. The summed E-state index contributed by atoms with van der Waals surface area (Å²) in [7, 11) is 0. The third kappa shape index (κ3) is 3.04. The van der Waals surface area contributed by atoms with Gasteiger partial charge < -0.3 is 11.1 Å². The van der Waals surface area contributed by atoms with E-state index in [1.54, 1.807) is 32.0 Å². The van der Waals surface area contributed by atoms with E-state index in [1.165, 1.54) is 0 Å². The van der Waals surface area contributed by atoms with Gasteiger partial charge in [-0.05, 0) is 24.6 Å². The average Bonchev–Trinajstić information content (AvgIpc) is 2.56. The number of nitrogens with two attached hydrogens (primary N) is 1. The van der Waals surface area contributed by atoms with Crippen LogP contribution in [-0.4, -0.2) is 29.2 Å². The number of rotatable bonds is 3. The van der Waals surface area contributed by atoms with Crippen LogP contribution in [0.1, 0.15) is 25.8 Å². The van der Waals surface area contributed by atoms with Crippen LogP contribution < -0.4 is 11.1 Å². The van der Waals surface area contributed by atoms with Crippen LogP contribution in [0, 0.1) is 12.3 Å². The number of anilines is 2. The monoisotopic (exact) mass is 289 g/mol. The number of carbonyl (C=O) groups is 3. The lowest BCUT2D eigenvalue weighted by molar-refractivity contribution is -0.143. The molecule has 21 heavy (non-hydrogen) atoms. The summed E-state index contributed by atoms with van der Waals surface area (Å²) in [4.78, 5) is 36.9. The first-order valence-electron chi connectivity index (χ1n) is 6.71. The Bertz CT molecular complexity index is 623. The van der Waals surface area contributed by atoms with Crippen molar-refractivity contribution >= 4 is 29.1 Å². The van der Waals surface area contributed by atoms with E-state index >= 15 is 0 Å². The molecule has 1 aliphatic rings. The van der Waals surface area contributed by atoms with Gasteiger partial charge in [0.15, 0.2) is 0 Å². The standard InChI is InChI=1S/C15H19N3O3/c1-9-4-5-10(16)6-11(9)17-12(19)8-18-13(20)7-15(2,3)14(18)21/h4-6H,7-8,16H2,1-3H3,(H,17,19). The molecule has 0 aromatic heterocycles. The highest BCUT2D eigenvalue weighted by Crippen LogP contribution is 2.31. The molecule has 2 rings (SSSR count). The number of imide groups is 1. The van der Waals surface area contributed by atoms with Gasteiger partial charge in [0.05, 0.1) is 5.41 Å². The summed E-state index contributed by atoms with van der Waals surface area (Å²) in [5, 5.41) is 2.68. The summed E-state index contributed by atoms with van der Waals surface area (Å²) >= 11 is 0. The fourth-order valence-electron chi connectivity index (χ4n) is 2.30. The molecule has 0 radical (unpaired) electrons. The van der Waals surface area contributed by atoms with Crippen molar-refractivity contribution in [3.05, 3.63) is 23.8 Å². The van der Waals surface area contributed by atoms with Gasteiger partial charge in [0, 0.05) is 17.8 Å². The smallest absolute Gasteiger partial charge is 0.244 e. The Hall–Kier alpha value is -2.37. The lowest BCUT2D eigenvalue weighted by Crippen LogP contribution is -2.39. The van der Waals surface area contributed by atoms with Crippen molar-refractivity contribution in [3.63, 3.8) is 0 Å². The van der Waals surface area contributed by atoms with E-state index in [9.17, 15) is 14.4 Å². The van der Waals surface area contributed by atoms with Crippen molar-refractivity contribution in [2.75, 3.05) is 17.6 Å². The lowest BCUT2D eigenvalue weighted by atomic mass is 9.92. The number of aryl methyl sites for hydroxylation is 1. The molecule has 0 bridgehead atoms. The molecule has 0 saturated carbocycles. The summed E-state index contributed by atoms with van der Waals surface area (Å²) in [5.41, 5.74) is 6.92. The Balaban J connectivity index is 2.07. The molecule has 1 aromatic rings. The van der Waals surface area contributed by atoms with Gasteiger partial charge in [0.25, 0.3) is 0 Å². The molecule has 1 fully saturated rings. The molecule has 0 spiro atoms. The summed E-state index contributed by atoms with van der Waals surface area (Å²) in [6.07, 6.45) is 0.135. The van der Waals surface area contributed by atoms with E-state index in [0.29, 0.717) is 11.4 Å². The summed E-state index contributed by atoms with van der Waals surface area (Å²) in [5.74, 6) is -1.04. The van der Waals surface area contributed by atoms with E-state index in [2.05, 4.69) is 5.32 Å². The number of nitrogen functional groups attached to an aromatic ring is 1. The molecule has 0 unspecified atom stereocenters. The summed E-state index contributed by atoms with van der Waals surface area (Å²) < 4.78 is 0. The van der Waals surface area contributed by atoms with Gasteiger partial charge in [-0.2, -0.15) is 0 Å². The third-order valence-corrected chi connectivity index (χ3v) is 3.56. The van der Waals surface area contributed by atoms with Crippen LogP contribution in [0.4, 0.5) is 11.4 Å². The number of carbonyl (C=O) groups excluding carboxylic acids is 3. The molecule has 3 amide bonds. The molecular weight excluding hydrogens is 270 g/mol. The van der Waals surface area contributed by atoms with Gasteiger partial charge in [-0.3, -0.25) is 19.3 Å². The van der Waals surface area contributed by atoms with Crippen LogP contribution >= 0.6 is 0 Å². The van der Waals surface area contributed by atoms with Crippen molar-refractivity contribution in [1.29, 1.82) is 0 Å². The molecule has 6 heteroatoms. The fourth-order valence-corrected chi connectivity index (χ4v) is 2.30. The second-order valence-corrected chi connectivity index (χ2v) is 5.97. The van der Waals surface area contributed by atoms with E-state index in [1.807, 2.05) is 6.92 Å². The number of amides is 3. The van der Waals surface area contributed by atoms with Gasteiger partial charge in [-0.15, -0.1) is 0 Å². The molecule has 1 heterocycles. The van der Waals surface area contributed by atoms with Crippen LogP contribution in [0.2, 0.25) is 0 Å². The minimum Gasteiger partial charge on any atom is -0.399 e. The van der Waals surface area contributed by atoms with Crippen molar-refractivity contribution in [2.45, 2.75) is 27.2 Å². The zero-order valence-electron chi connectivity index (χ0n) is 12.4. The minimum absolute atomic E-state index is 0.135. The highest BCUT2D eigenvalue weighted by molar-refractivity contribution is 6.09. The zero-order valence-corrected chi connectivity index (χ0v) is 12.4. The zero-order chi connectivity index (χ0) is 15.8. The molecule has 112 valence electrons. The molecule has 1 aliphatic heterocycles. The molecule has 1 saturated heterocycles. The van der Waals surface area contributed by atoms with Crippen LogP contribution in [0.3, 0.4) is 0 Å². The Morgan fingerprint density at radius 2 is 2.05 bits per heavy atom. The minimum atomic E-state index is -0.732. The van der Waals surface area contributed by atoms with E-state index in [-0.39, 0.29) is 24.8 Å². The highest BCUT2D eigenvalue weighted by Gasteiger charge is 2.45. The van der Waals surface area contributed by atoms with E-state index < -0.39 is 11.3 Å². The van der Waals surface area contributed by atoms with Gasteiger partial charge in [0.2, 0.25) is 17.7 Å². The number of nitrogens with zero attached hydrogens (tertiary/aromatic N) is 1. The normalized spacial score (nSPS) is 17.2. The molecule has 0 atom stereocenters. The Morgan fingerprint density at radius 1 is 1.38 bits per heavy atom. The first-order valence-corrected chi connectivity index (χ1v) is 6.71. The van der Waals surface area contributed by atoms with Crippen LogP contribution in [0.25, 0.3) is 0 Å². The van der Waals surface area contributed by atoms with Gasteiger partial charge in [0.1, 0.15) is 6.54 Å². The maximum atomic E-state index is 12.1.